The fourth-order valence-electron chi connectivity index (χ4n) is 3.42. The highest BCUT2D eigenvalue weighted by atomic mass is 19.4. The monoisotopic (exact) mass is 310 g/mol. The van der Waals surface area contributed by atoms with Crippen LogP contribution < -0.4 is 4.90 Å². The van der Waals surface area contributed by atoms with Crippen molar-refractivity contribution in [3.05, 3.63) is 29.8 Å². The molecule has 0 radical (unpaired) electrons. The number of rotatable bonds is 3. The van der Waals surface area contributed by atoms with E-state index in [2.05, 4.69) is 0 Å². The molecule has 1 heterocycles. The lowest BCUT2D eigenvalue weighted by atomic mass is 10.1. The second-order valence-electron chi connectivity index (χ2n) is 6.45. The molecule has 2 saturated carbocycles. The lowest BCUT2D eigenvalue weighted by Gasteiger charge is -2.23. The van der Waals surface area contributed by atoms with Gasteiger partial charge in [-0.2, -0.15) is 13.2 Å². The number of halogens is 3. The molecule has 118 valence electrons. The van der Waals surface area contributed by atoms with Gasteiger partial charge >= 0.3 is 12.2 Å². The largest absolute Gasteiger partial charge is 0.418 e. The van der Waals surface area contributed by atoms with Gasteiger partial charge < -0.3 is 4.90 Å². The van der Waals surface area contributed by atoms with Gasteiger partial charge in [-0.3, -0.25) is 4.90 Å². The summed E-state index contributed by atoms with van der Waals surface area (Å²) in [5, 5.41) is 0. The number of anilines is 1. The molecule has 2 aliphatic carbocycles. The number of carbonyl (C=O) groups is 1. The molecule has 1 saturated heterocycles. The molecular weight excluding hydrogens is 293 g/mol. The van der Waals surface area contributed by atoms with Gasteiger partial charge in [-0.1, -0.05) is 12.1 Å². The molecule has 22 heavy (non-hydrogen) atoms. The van der Waals surface area contributed by atoms with E-state index < -0.39 is 11.7 Å². The average Bonchev–Trinajstić information content (AvgIpc) is 3.36. The summed E-state index contributed by atoms with van der Waals surface area (Å²) in [4.78, 5) is 15.9. The van der Waals surface area contributed by atoms with Crippen molar-refractivity contribution in [2.45, 2.75) is 43.9 Å². The van der Waals surface area contributed by atoms with Crippen molar-refractivity contribution in [2.75, 3.05) is 11.4 Å². The van der Waals surface area contributed by atoms with Crippen LogP contribution in [0.1, 0.15) is 31.2 Å². The number of hydrogen-bond donors (Lipinski definition) is 0. The van der Waals surface area contributed by atoms with Crippen LogP contribution in [0.3, 0.4) is 0 Å². The molecule has 6 heteroatoms. The lowest BCUT2D eigenvalue weighted by molar-refractivity contribution is -0.137. The highest BCUT2D eigenvalue weighted by molar-refractivity contribution is 5.96. The van der Waals surface area contributed by atoms with E-state index in [1.54, 1.807) is 6.07 Å². The van der Waals surface area contributed by atoms with Crippen molar-refractivity contribution in [1.29, 1.82) is 0 Å². The molecular formula is C16H17F3N2O. The van der Waals surface area contributed by atoms with E-state index in [1.165, 1.54) is 17.0 Å². The summed E-state index contributed by atoms with van der Waals surface area (Å²) in [5.41, 5.74) is -0.732. The number of amides is 2. The number of alkyl halides is 3. The second-order valence-corrected chi connectivity index (χ2v) is 6.45. The molecule has 1 unspecified atom stereocenters. The van der Waals surface area contributed by atoms with Gasteiger partial charge in [0.25, 0.3) is 0 Å². The third kappa shape index (κ3) is 2.25. The number of carbonyl (C=O) groups excluding carboxylic acids is 1. The van der Waals surface area contributed by atoms with E-state index >= 15 is 0 Å². The summed E-state index contributed by atoms with van der Waals surface area (Å²) in [5.74, 6) is 0.465. The Balaban J connectivity index is 1.70. The first-order chi connectivity index (χ1) is 10.5. The summed E-state index contributed by atoms with van der Waals surface area (Å²) in [6.45, 7) is 0.382. The Morgan fingerprint density at radius 1 is 1.05 bits per heavy atom. The van der Waals surface area contributed by atoms with Crippen LogP contribution in [0.25, 0.3) is 0 Å². The van der Waals surface area contributed by atoms with Crippen LogP contribution in [0, 0.1) is 5.92 Å². The van der Waals surface area contributed by atoms with Crippen molar-refractivity contribution in [2.24, 2.45) is 5.92 Å². The Morgan fingerprint density at radius 2 is 1.73 bits per heavy atom. The SMILES string of the molecule is O=C1N(c2ccccc2C(F)(F)F)CC(C2CC2)N1C1CC1. The summed E-state index contributed by atoms with van der Waals surface area (Å²) in [6.07, 6.45) is -0.335. The van der Waals surface area contributed by atoms with E-state index in [0.29, 0.717) is 12.5 Å². The summed E-state index contributed by atoms with van der Waals surface area (Å²) in [6, 6.07) is 5.45. The predicted octanol–water partition coefficient (Wildman–Crippen LogP) is 3.89. The Labute approximate surface area is 126 Å². The molecule has 2 amide bonds. The maximum atomic E-state index is 13.2. The topological polar surface area (TPSA) is 23.6 Å². The third-order valence-corrected chi connectivity index (χ3v) is 4.79. The molecule has 1 atom stereocenters. The molecule has 3 fully saturated rings. The molecule has 0 bridgehead atoms. The summed E-state index contributed by atoms with van der Waals surface area (Å²) >= 11 is 0. The van der Waals surface area contributed by atoms with Gasteiger partial charge in [-0.05, 0) is 43.7 Å². The predicted molar refractivity (Wildman–Crippen MR) is 75.6 cm³/mol. The maximum absolute atomic E-state index is 13.2. The zero-order valence-electron chi connectivity index (χ0n) is 12.0. The minimum Gasteiger partial charge on any atom is -0.316 e. The number of benzene rings is 1. The number of urea groups is 1. The van der Waals surface area contributed by atoms with Gasteiger partial charge in [0.2, 0.25) is 0 Å². The lowest BCUT2D eigenvalue weighted by Crippen LogP contribution is -2.38. The van der Waals surface area contributed by atoms with Crippen LogP contribution in [-0.4, -0.2) is 29.6 Å². The maximum Gasteiger partial charge on any atom is 0.418 e. The van der Waals surface area contributed by atoms with E-state index in [1.807, 2.05) is 4.90 Å². The highest BCUT2D eigenvalue weighted by Gasteiger charge is 2.51. The molecule has 0 aromatic heterocycles. The molecule has 0 spiro atoms. The smallest absolute Gasteiger partial charge is 0.316 e. The molecule has 3 nitrogen and oxygen atoms in total. The van der Waals surface area contributed by atoms with Gasteiger partial charge in [0.05, 0.1) is 17.3 Å². The quantitative estimate of drug-likeness (QED) is 0.831. The van der Waals surface area contributed by atoms with Gasteiger partial charge in [0.1, 0.15) is 0 Å². The minimum atomic E-state index is -4.45. The Bertz CT molecular complexity index is 608. The Hall–Kier alpha value is -1.72. The third-order valence-electron chi connectivity index (χ3n) is 4.79. The Morgan fingerprint density at radius 3 is 2.32 bits per heavy atom. The molecule has 1 aliphatic heterocycles. The van der Waals surface area contributed by atoms with Crippen LogP contribution in [0.2, 0.25) is 0 Å². The van der Waals surface area contributed by atoms with E-state index in [4.69, 9.17) is 0 Å². The first-order valence-electron chi connectivity index (χ1n) is 7.73. The first kappa shape index (κ1) is 13.9. The van der Waals surface area contributed by atoms with Crippen molar-refractivity contribution in [3.63, 3.8) is 0 Å². The fraction of sp³-hybridized carbons (Fsp3) is 0.562. The van der Waals surface area contributed by atoms with Crippen LogP contribution in [0.5, 0.6) is 0 Å². The minimum absolute atomic E-state index is 0.00574. The van der Waals surface area contributed by atoms with E-state index in [9.17, 15) is 18.0 Å². The number of nitrogens with zero attached hydrogens (tertiary/aromatic N) is 2. The van der Waals surface area contributed by atoms with E-state index in [0.717, 1.165) is 31.7 Å². The van der Waals surface area contributed by atoms with Gasteiger partial charge in [0.15, 0.2) is 0 Å². The zero-order chi connectivity index (χ0) is 15.5. The number of para-hydroxylation sites is 1. The molecule has 1 aromatic rings. The normalized spacial score (nSPS) is 26.0. The average molecular weight is 310 g/mol. The van der Waals surface area contributed by atoms with Crippen molar-refractivity contribution in [3.8, 4) is 0 Å². The van der Waals surface area contributed by atoms with Crippen LogP contribution in [-0.2, 0) is 6.18 Å². The first-order valence-corrected chi connectivity index (χ1v) is 7.73. The second kappa shape index (κ2) is 4.64. The fourth-order valence-corrected chi connectivity index (χ4v) is 3.42. The van der Waals surface area contributed by atoms with E-state index in [-0.39, 0.29) is 23.8 Å². The Kier molecular flexibility index (Phi) is 2.93. The van der Waals surface area contributed by atoms with Crippen LogP contribution in [0.4, 0.5) is 23.7 Å². The van der Waals surface area contributed by atoms with Crippen molar-refractivity contribution >= 4 is 11.7 Å². The summed E-state index contributed by atoms with van der Waals surface area (Å²) in [7, 11) is 0. The van der Waals surface area contributed by atoms with Crippen LogP contribution >= 0.6 is 0 Å². The van der Waals surface area contributed by atoms with Crippen molar-refractivity contribution in [1.82, 2.24) is 4.90 Å². The standard InChI is InChI=1S/C16H17F3N2O/c17-16(18,19)12-3-1-2-4-13(12)20-9-14(10-5-6-10)21(15(20)22)11-7-8-11/h1-4,10-11,14H,5-9H2. The summed E-state index contributed by atoms with van der Waals surface area (Å²) < 4.78 is 39.6. The van der Waals surface area contributed by atoms with Gasteiger partial charge in [-0.25, -0.2) is 4.79 Å². The zero-order valence-corrected chi connectivity index (χ0v) is 12.0. The molecule has 0 N–H and O–H groups in total. The molecule has 4 rings (SSSR count). The molecule has 1 aromatic carbocycles. The number of hydrogen-bond acceptors (Lipinski definition) is 1. The van der Waals surface area contributed by atoms with Crippen molar-refractivity contribution < 1.29 is 18.0 Å². The van der Waals surface area contributed by atoms with Gasteiger partial charge in [0, 0.05) is 12.6 Å². The highest BCUT2D eigenvalue weighted by Crippen LogP contribution is 2.46. The van der Waals surface area contributed by atoms with Crippen LogP contribution in [0.15, 0.2) is 24.3 Å². The van der Waals surface area contributed by atoms with Gasteiger partial charge in [-0.15, -0.1) is 0 Å². The molecule has 3 aliphatic rings.